The van der Waals surface area contributed by atoms with Crippen molar-refractivity contribution in [3.8, 4) is 0 Å². The maximum Gasteiger partial charge on any atom is 0.341 e. The maximum absolute atomic E-state index is 11.5. The first-order valence-corrected chi connectivity index (χ1v) is 5.31. The third-order valence-electron chi connectivity index (χ3n) is 2.41. The summed E-state index contributed by atoms with van der Waals surface area (Å²) >= 11 is 0. The van der Waals surface area contributed by atoms with Crippen molar-refractivity contribution in [3.63, 3.8) is 0 Å². The zero-order valence-corrected chi connectivity index (χ0v) is 9.60. The van der Waals surface area contributed by atoms with Crippen molar-refractivity contribution in [2.75, 3.05) is 0 Å². The number of H-pyrrole nitrogens is 1. The van der Waals surface area contributed by atoms with E-state index in [0.29, 0.717) is 23.5 Å². The Morgan fingerprint density at radius 2 is 2.29 bits per heavy atom. The van der Waals surface area contributed by atoms with Crippen molar-refractivity contribution < 1.29 is 9.90 Å². The molecule has 17 heavy (non-hydrogen) atoms. The van der Waals surface area contributed by atoms with Gasteiger partial charge in [0.25, 0.3) is 5.56 Å². The Hall–Kier alpha value is -2.11. The zero-order chi connectivity index (χ0) is 12.6. The first-order chi connectivity index (χ1) is 7.99. The van der Waals surface area contributed by atoms with Gasteiger partial charge in [0, 0.05) is 11.9 Å². The molecule has 0 aliphatic heterocycles. The van der Waals surface area contributed by atoms with Gasteiger partial charge in [0.05, 0.1) is 6.20 Å². The summed E-state index contributed by atoms with van der Waals surface area (Å²) in [7, 11) is 0. The smallest absolute Gasteiger partial charge is 0.341 e. The molecule has 0 aliphatic carbocycles. The lowest BCUT2D eigenvalue weighted by Gasteiger charge is -2.05. The van der Waals surface area contributed by atoms with Crippen LogP contribution in [0.1, 0.15) is 24.2 Å². The molecule has 0 unspecified atom stereocenters. The first kappa shape index (κ1) is 11.4. The summed E-state index contributed by atoms with van der Waals surface area (Å²) in [5.41, 5.74) is -0.300. The minimum Gasteiger partial charge on any atom is -0.477 e. The number of fused-ring (bicyclic) bond motifs is 1. The Morgan fingerprint density at radius 3 is 2.88 bits per heavy atom. The molecule has 6 heteroatoms. The topological polar surface area (TPSA) is 88.0 Å². The highest BCUT2D eigenvalue weighted by Gasteiger charge is 2.13. The molecule has 2 heterocycles. The molecule has 0 aromatic carbocycles. The van der Waals surface area contributed by atoms with E-state index in [1.165, 1.54) is 6.07 Å². The molecule has 2 rings (SSSR count). The molecule has 2 aromatic rings. The minimum atomic E-state index is -1.23. The Bertz CT molecular complexity index is 624. The van der Waals surface area contributed by atoms with Crippen LogP contribution in [0, 0.1) is 5.92 Å². The molecule has 6 nitrogen and oxygen atoms in total. The molecule has 0 fully saturated rings. The second-order valence-electron chi connectivity index (χ2n) is 4.34. The third-order valence-corrected chi connectivity index (χ3v) is 2.41. The highest BCUT2D eigenvalue weighted by molar-refractivity contribution is 5.91. The molecule has 0 radical (unpaired) electrons. The van der Waals surface area contributed by atoms with E-state index in [1.54, 1.807) is 10.9 Å². The molecule has 0 saturated heterocycles. The Kier molecular flexibility index (Phi) is 2.71. The summed E-state index contributed by atoms with van der Waals surface area (Å²) in [4.78, 5) is 24.9. The molecular weight excluding hydrogens is 222 g/mol. The van der Waals surface area contributed by atoms with Crippen molar-refractivity contribution >= 4 is 17.0 Å². The number of aromatic amines is 1. The van der Waals surface area contributed by atoms with Crippen LogP contribution in [0.2, 0.25) is 0 Å². The number of hydrogen-bond donors (Lipinski definition) is 2. The van der Waals surface area contributed by atoms with Crippen LogP contribution < -0.4 is 5.56 Å². The molecule has 0 amide bonds. The summed E-state index contributed by atoms with van der Waals surface area (Å²) < 4.78 is 1.67. The van der Waals surface area contributed by atoms with Crippen molar-refractivity contribution in [2.45, 2.75) is 20.4 Å². The highest BCUT2D eigenvalue weighted by Crippen LogP contribution is 2.12. The highest BCUT2D eigenvalue weighted by atomic mass is 16.4. The standard InChI is InChI=1S/C11H13N3O3/c1-6(2)5-14-9-7(4-12-14)3-8(11(16)17)10(15)13-9/h3-4,6H,5H2,1-2H3,(H,13,15)(H,16,17). The van der Waals surface area contributed by atoms with Crippen LogP contribution in [0.25, 0.3) is 11.0 Å². The van der Waals surface area contributed by atoms with Crippen LogP contribution in [0.3, 0.4) is 0 Å². The van der Waals surface area contributed by atoms with E-state index in [2.05, 4.69) is 10.1 Å². The van der Waals surface area contributed by atoms with E-state index >= 15 is 0 Å². The number of hydrogen-bond acceptors (Lipinski definition) is 3. The number of pyridine rings is 1. The SMILES string of the molecule is CC(C)Cn1ncc2cc(C(=O)O)c(=O)[nH]c21. The quantitative estimate of drug-likeness (QED) is 0.833. The first-order valence-electron chi connectivity index (χ1n) is 5.31. The van der Waals surface area contributed by atoms with Crippen molar-refractivity contribution in [3.05, 3.63) is 28.2 Å². The number of nitrogens with one attached hydrogen (secondary N) is 1. The molecule has 0 atom stereocenters. The molecule has 0 saturated carbocycles. The van der Waals surface area contributed by atoms with Crippen molar-refractivity contribution in [1.29, 1.82) is 0 Å². The van der Waals surface area contributed by atoms with Crippen LogP contribution in [0.5, 0.6) is 0 Å². The number of aromatic nitrogens is 3. The Labute approximate surface area is 96.9 Å². The van der Waals surface area contributed by atoms with Gasteiger partial charge in [0.2, 0.25) is 0 Å². The predicted octanol–water partition coefficient (Wildman–Crippen LogP) is 1.08. The third kappa shape index (κ3) is 2.06. The summed E-state index contributed by atoms with van der Waals surface area (Å²) in [6.07, 6.45) is 1.56. The van der Waals surface area contributed by atoms with Crippen molar-refractivity contribution in [1.82, 2.24) is 14.8 Å². The lowest BCUT2D eigenvalue weighted by atomic mass is 10.2. The van der Waals surface area contributed by atoms with Gasteiger partial charge in [-0.15, -0.1) is 0 Å². The summed E-state index contributed by atoms with van der Waals surface area (Å²) in [5, 5.41) is 13.6. The van der Waals surface area contributed by atoms with Gasteiger partial charge in [0.15, 0.2) is 0 Å². The normalized spacial score (nSPS) is 11.2. The summed E-state index contributed by atoms with van der Waals surface area (Å²) in [6.45, 7) is 4.75. The van der Waals surface area contributed by atoms with Crippen LogP contribution in [0.15, 0.2) is 17.1 Å². The van der Waals surface area contributed by atoms with Gasteiger partial charge in [-0.25, -0.2) is 9.48 Å². The van der Waals surface area contributed by atoms with E-state index in [9.17, 15) is 9.59 Å². The minimum absolute atomic E-state index is 0.262. The van der Waals surface area contributed by atoms with Crippen molar-refractivity contribution in [2.24, 2.45) is 5.92 Å². The fraction of sp³-hybridized carbons (Fsp3) is 0.364. The largest absolute Gasteiger partial charge is 0.477 e. The number of rotatable bonds is 3. The van der Waals surface area contributed by atoms with Gasteiger partial charge in [-0.2, -0.15) is 5.10 Å². The van der Waals surface area contributed by atoms with Gasteiger partial charge < -0.3 is 10.1 Å². The van der Waals surface area contributed by atoms with E-state index < -0.39 is 11.5 Å². The summed E-state index contributed by atoms with van der Waals surface area (Å²) in [6, 6.07) is 1.35. The fourth-order valence-corrected chi connectivity index (χ4v) is 1.68. The van der Waals surface area contributed by atoms with Gasteiger partial charge in [-0.1, -0.05) is 13.8 Å². The molecule has 0 aliphatic rings. The zero-order valence-electron chi connectivity index (χ0n) is 9.60. The van der Waals surface area contributed by atoms with Crippen LogP contribution in [-0.2, 0) is 6.54 Å². The number of carboxylic acids is 1. The average molecular weight is 235 g/mol. The Morgan fingerprint density at radius 1 is 1.59 bits per heavy atom. The van der Waals surface area contributed by atoms with Gasteiger partial charge in [-0.05, 0) is 12.0 Å². The molecule has 2 aromatic heterocycles. The van der Waals surface area contributed by atoms with E-state index in [-0.39, 0.29) is 5.56 Å². The molecule has 2 N–H and O–H groups in total. The van der Waals surface area contributed by atoms with Crippen LogP contribution in [-0.4, -0.2) is 25.8 Å². The average Bonchev–Trinajstić information content (AvgIpc) is 2.59. The lowest BCUT2D eigenvalue weighted by molar-refractivity contribution is 0.0695. The number of carboxylic acid groups (broad SMARTS) is 1. The van der Waals surface area contributed by atoms with Gasteiger partial charge >= 0.3 is 5.97 Å². The number of aromatic carboxylic acids is 1. The molecule has 0 spiro atoms. The van der Waals surface area contributed by atoms with E-state index in [4.69, 9.17) is 5.11 Å². The fourth-order valence-electron chi connectivity index (χ4n) is 1.68. The van der Waals surface area contributed by atoms with Gasteiger partial charge in [-0.3, -0.25) is 4.79 Å². The number of nitrogens with zero attached hydrogens (tertiary/aromatic N) is 2. The monoisotopic (exact) mass is 235 g/mol. The number of carbonyl (C=O) groups is 1. The maximum atomic E-state index is 11.5. The molecule has 90 valence electrons. The molecule has 0 bridgehead atoms. The Balaban J connectivity index is 2.60. The van der Waals surface area contributed by atoms with Crippen LogP contribution in [0.4, 0.5) is 0 Å². The second kappa shape index (κ2) is 4.04. The second-order valence-corrected chi connectivity index (χ2v) is 4.34. The predicted molar refractivity (Wildman–Crippen MR) is 62.2 cm³/mol. The van der Waals surface area contributed by atoms with E-state index in [1.807, 2.05) is 13.8 Å². The van der Waals surface area contributed by atoms with E-state index in [0.717, 1.165) is 0 Å². The van der Waals surface area contributed by atoms with Crippen LogP contribution >= 0.6 is 0 Å². The molecular formula is C11H13N3O3. The lowest BCUT2D eigenvalue weighted by Crippen LogP contribution is -2.18. The summed E-state index contributed by atoms with van der Waals surface area (Å²) in [5.74, 6) is -0.842. The van der Waals surface area contributed by atoms with Gasteiger partial charge in [0.1, 0.15) is 11.2 Å².